The van der Waals surface area contributed by atoms with Crippen LogP contribution >= 0.6 is 11.3 Å². The minimum Gasteiger partial charge on any atom is -0.309 e. The summed E-state index contributed by atoms with van der Waals surface area (Å²) in [6.45, 7) is 0. The molecule has 1 aliphatic carbocycles. The Morgan fingerprint density at radius 3 is 1.87 bits per heavy atom. The minimum absolute atomic E-state index is 0.429. The molecule has 1 spiro atoms. The van der Waals surface area contributed by atoms with Gasteiger partial charge in [-0.25, -0.2) is 0 Å². The molecule has 208 valence electrons. The lowest BCUT2D eigenvalue weighted by atomic mass is 9.65. The van der Waals surface area contributed by atoms with E-state index in [9.17, 15) is 0 Å². The molecule has 2 heteroatoms. The van der Waals surface area contributed by atoms with Gasteiger partial charge in [0.1, 0.15) is 0 Å². The average molecular weight is 588 g/mol. The van der Waals surface area contributed by atoms with Crippen LogP contribution in [0.1, 0.15) is 22.3 Å². The Morgan fingerprint density at radius 1 is 0.422 bits per heavy atom. The highest BCUT2D eigenvalue weighted by Gasteiger charge is 2.50. The highest BCUT2D eigenvalue weighted by Crippen LogP contribution is 2.61. The van der Waals surface area contributed by atoms with Crippen molar-refractivity contribution < 1.29 is 0 Å². The Bertz CT molecular complexity index is 2670. The molecule has 2 aliphatic rings. The molecule has 0 N–H and O–H groups in total. The van der Waals surface area contributed by atoms with Gasteiger partial charge < -0.3 is 4.57 Å². The Hall–Kier alpha value is -5.44. The van der Waals surface area contributed by atoms with Crippen LogP contribution in [0.3, 0.4) is 0 Å². The van der Waals surface area contributed by atoms with E-state index in [4.69, 9.17) is 0 Å². The van der Waals surface area contributed by atoms with Crippen molar-refractivity contribution >= 4 is 53.3 Å². The summed E-state index contributed by atoms with van der Waals surface area (Å²) in [6.07, 6.45) is 0. The number of aromatic nitrogens is 1. The van der Waals surface area contributed by atoms with Gasteiger partial charge in [0.05, 0.1) is 22.1 Å². The number of para-hydroxylation sites is 2. The fourth-order valence-electron chi connectivity index (χ4n) is 8.65. The van der Waals surface area contributed by atoms with E-state index >= 15 is 0 Å². The van der Waals surface area contributed by atoms with Gasteiger partial charge in [-0.3, -0.25) is 0 Å². The lowest BCUT2D eigenvalue weighted by Gasteiger charge is -2.39. The normalized spacial score (nSPS) is 14.0. The number of hydrogen-bond donors (Lipinski definition) is 0. The van der Waals surface area contributed by atoms with Gasteiger partial charge in [-0.2, -0.15) is 0 Å². The minimum atomic E-state index is -0.429. The molecular weight excluding hydrogens is 563 g/mol. The van der Waals surface area contributed by atoms with Crippen molar-refractivity contribution in [2.45, 2.75) is 5.41 Å². The Balaban J connectivity index is 1.34. The molecule has 11 rings (SSSR count). The van der Waals surface area contributed by atoms with E-state index in [2.05, 4.69) is 156 Å². The summed E-state index contributed by atoms with van der Waals surface area (Å²) in [5.74, 6) is 0. The second-order valence-electron chi connectivity index (χ2n) is 12.4. The fraction of sp³-hybridized carbons (Fsp3) is 0.0233. The number of rotatable bonds is 1. The van der Waals surface area contributed by atoms with Gasteiger partial charge in [-0.1, -0.05) is 109 Å². The van der Waals surface area contributed by atoms with Gasteiger partial charge in [0.2, 0.25) is 0 Å². The van der Waals surface area contributed by atoms with Crippen molar-refractivity contribution in [3.8, 4) is 27.9 Å². The first-order chi connectivity index (χ1) is 22.3. The molecule has 7 aromatic carbocycles. The molecule has 0 fully saturated rings. The fourth-order valence-corrected chi connectivity index (χ4v) is 9.74. The summed E-state index contributed by atoms with van der Waals surface area (Å²) < 4.78 is 5.21. The van der Waals surface area contributed by atoms with Gasteiger partial charge >= 0.3 is 0 Å². The van der Waals surface area contributed by atoms with Crippen LogP contribution in [0.4, 0.5) is 0 Å². The zero-order valence-corrected chi connectivity index (χ0v) is 25.1. The summed E-state index contributed by atoms with van der Waals surface area (Å²) in [7, 11) is 0. The van der Waals surface area contributed by atoms with Crippen molar-refractivity contribution in [1.82, 2.24) is 4.57 Å². The van der Waals surface area contributed by atoms with E-state index in [1.807, 2.05) is 11.3 Å². The highest BCUT2D eigenvalue weighted by molar-refractivity contribution is 7.25. The van der Waals surface area contributed by atoms with Gasteiger partial charge in [0.15, 0.2) is 0 Å². The van der Waals surface area contributed by atoms with Crippen molar-refractivity contribution in [1.29, 1.82) is 0 Å². The second kappa shape index (κ2) is 8.38. The van der Waals surface area contributed by atoms with Crippen molar-refractivity contribution in [2.24, 2.45) is 0 Å². The number of hydrogen-bond acceptors (Lipinski definition) is 1. The van der Waals surface area contributed by atoms with E-state index in [1.165, 1.54) is 92.2 Å². The van der Waals surface area contributed by atoms with E-state index in [0.29, 0.717) is 0 Å². The van der Waals surface area contributed by atoms with Crippen LogP contribution in [-0.4, -0.2) is 4.57 Å². The molecule has 0 saturated carbocycles. The highest BCUT2D eigenvalue weighted by atomic mass is 32.1. The van der Waals surface area contributed by atoms with Crippen LogP contribution in [0, 0.1) is 0 Å². The third-order valence-corrected chi connectivity index (χ3v) is 11.5. The molecule has 0 radical (unpaired) electrons. The largest absolute Gasteiger partial charge is 0.309 e. The first-order valence-electron chi connectivity index (χ1n) is 15.6. The lowest BCUT2D eigenvalue weighted by molar-refractivity contribution is 0.749. The van der Waals surface area contributed by atoms with Crippen LogP contribution in [0.15, 0.2) is 152 Å². The average Bonchev–Trinajstić information content (AvgIpc) is 3.74. The predicted octanol–water partition coefficient (Wildman–Crippen LogP) is 11.5. The Kier molecular flexibility index (Phi) is 4.46. The summed E-state index contributed by atoms with van der Waals surface area (Å²) in [4.78, 5) is 0. The van der Waals surface area contributed by atoms with Crippen molar-refractivity contribution in [3.63, 3.8) is 0 Å². The van der Waals surface area contributed by atoms with E-state index in [0.717, 1.165) is 0 Å². The molecule has 2 aromatic heterocycles. The van der Waals surface area contributed by atoms with Crippen molar-refractivity contribution in [2.75, 3.05) is 0 Å². The van der Waals surface area contributed by atoms with Crippen molar-refractivity contribution in [3.05, 3.63) is 174 Å². The number of fused-ring (bicyclic) bond motifs is 15. The quantitative estimate of drug-likeness (QED) is 0.180. The molecule has 3 heterocycles. The SMILES string of the molecule is c1ccc2c(c1)-c1ccccc1C21c2ccccc2-n2c3ccccc3c3cc(-c4ccc5sc6ccccc6c5c4)cc1c32. The molecule has 1 aliphatic heterocycles. The molecular formula is C43H25NS. The summed E-state index contributed by atoms with van der Waals surface area (Å²) >= 11 is 1.88. The van der Waals surface area contributed by atoms with Gasteiger partial charge in [-0.15, -0.1) is 11.3 Å². The van der Waals surface area contributed by atoms with E-state index in [-0.39, 0.29) is 0 Å². The first kappa shape index (κ1) is 23.9. The van der Waals surface area contributed by atoms with Crippen LogP contribution in [-0.2, 0) is 5.41 Å². The second-order valence-corrected chi connectivity index (χ2v) is 13.5. The van der Waals surface area contributed by atoms with Crippen LogP contribution in [0.2, 0.25) is 0 Å². The molecule has 0 saturated heterocycles. The maximum absolute atomic E-state index is 2.53. The summed E-state index contributed by atoms with van der Waals surface area (Å²) in [5.41, 5.74) is 14.0. The van der Waals surface area contributed by atoms with Crippen LogP contribution in [0.5, 0.6) is 0 Å². The molecule has 0 amide bonds. The van der Waals surface area contributed by atoms with Crippen LogP contribution in [0.25, 0.3) is 69.9 Å². The number of benzene rings is 7. The molecule has 45 heavy (non-hydrogen) atoms. The zero-order chi connectivity index (χ0) is 29.3. The van der Waals surface area contributed by atoms with E-state index in [1.54, 1.807) is 0 Å². The number of nitrogens with zero attached hydrogens (tertiary/aromatic N) is 1. The summed E-state index contributed by atoms with van der Waals surface area (Å²) in [6, 6.07) is 57.0. The number of thiophene rings is 1. The predicted molar refractivity (Wildman–Crippen MR) is 190 cm³/mol. The van der Waals surface area contributed by atoms with Gasteiger partial charge in [0, 0.05) is 30.9 Å². The molecule has 0 atom stereocenters. The van der Waals surface area contributed by atoms with Gasteiger partial charge in [-0.05, 0) is 87.0 Å². The Morgan fingerprint density at radius 2 is 1.04 bits per heavy atom. The Labute approximate surface area is 264 Å². The molecule has 0 unspecified atom stereocenters. The maximum Gasteiger partial charge on any atom is 0.0754 e. The molecule has 9 aromatic rings. The third kappa shape index (κ3) is 2.85. The monoisotopic (exact) mass is 587 g/mol. The topological polar surface area (TPSA) is 4.93 Å². The summed E-state index contributed by atoms with van der Waals surface area (Å²) in [5, 5.41) is 5.27. The molecule has 1 nitrogen and oxygen atoms in total. The lowest BCUT2D eigenvalue weighted by Crippen LogP contribution is -2.33. The third-order valence-electron chi connectivity index (χ3n) is 10.4. The van der Waals surface area contributed by atoms with Crippen LogP contribution < -0.4 is 0 Å². The standard InChI is InChI=1S/C43H25NS/c1-5-15-34-28(11-1)29-12-2-6-16-35(29)43(34)36-17-7-9-19-39(36)44-38-18-8-3-13-30(38)33-24-27(25-37(43)42(33)44)26-21-22-41-32(23-26)31-14-4-10-20-40(31)45-41/h1-25H. The first-order valence-corrected chi connectivity index (χ1v) is 16.4. The molecule has 0 bridgehead atoms. The smallest absolute Gasteiger partial charge is 0.0754 e. The van der Waals surface area contributed by atoms with E-state index < -0.39 is 5.41 Å². The maximum atomic E-state index is 2.53. The zero-order valence-electron chi connectivity index (χ0n) is 24.3. The van der Waals surface area contributed by atoms with Gasteiger partial charge in [0.25, 0.3) is 0 Å².